The highest BCUT2D eigenvalue weighted by Gasteiger charge is 2.32. The third-order valence-electron chi connectivity index (χ3n) is 4.63. The SMILES string of the molecule is O=c1c(-c2cccc(C(F)(F)F)c2)c(O)n(Cc2ccc(F)nc2)c2cccc[n+]12. The monoisotopic (exact) mass is 416 g/mol. The third-order valence-corrected chi connectivity index (χ3v) is 4.63. The van der Waals surface area contributed by atoms with Gasteiger partial charge in [0, 0.05) is 17.8 Å². The van der Waals surface area contributed by atoms with Crippen molar-refractivity contribution in [2.45, 2.75) is 12.7 Å². The molecular formula is C21H14F4N3O2+. The topological polar surface area (TPSA) is 59.2 Å². The number of nitrogens with zero attached hydrogens (tertiary/aromatic N) is 3. The molecule has 0 radical (unpaired) electrons. The van der Waals surface area contributed by atoms with E-state index in [1.165, 1.54) is 39.6 Å². The summed E-state index contributed by atoms with van der Waals surface area (Å²) in [7, 11) is 0. The Hall–Kier alpha value is -3.75. The van der Waals surface area contributed by atoms with Gasteiger partial charge in [-0.2, -0.15) is 26.5 Å². The van der Waals surface area contributed by atoms with Crippen molar-refractivity contribution in [1.82, 2.24) is 9.55 Å². The van der Waals surface area contributed by atoms with Crippen molar-refractivity contribution in [1.29, 1.82) is 0 Å². The second-order valence-corrected chi connectivity index (χ2v) is 6.59. The molecule has 0 saturated heterocycles. The number of halogens is 4. The third kappa shape index (κ3) is 3.49. The molecule has 9 heteroatoms. The molecule has 152 valence electrons. The Kier molecular flexibility index (Phi) is 4.73. The molecule has 4 aromatic rings. The van der Waals surface area contributed by atoms with Crippen molar-refractivity contribution in [2.24, 2.45) is 0 Å². The van der Waals surface area contributed by atoms with Crippen molar-refractivity contribution < 1.29 is 27.1 Å². The second kappa shape index (κ2) is 7.25. The minimum Gasteiger partial charge on any atom is -0.477 e. The summed E-state index contributed by atoms with van der Waals surface area (Å²) in [5, 5.41) is 10.9. The molecule has 0 spiro atoms. The number of aromatic nitrogens is 3. The highest BCUT2D eigenvalue weighted by molar-refractivity contribution is 5.69. The lowest BCUT2D eigenvalue weighted by Crippen LogP contribution is -2.43. The van der Waals surface area contributed by atoms with Gasteiger partial charge in [0.25, 0.3) is 11.5 Å². The van der Waals surface area contributed by atoms with E-state index in [4.69, 9.17) is 0 Å². The van der Waals surface area contributed by atoms with E-state index in [-0.39, 0.29) is 17.7 Å². The van der Waals surface area contributed by atoms with Gasteiger partial charge in [-0.25, -0.2) is 9.78 Å². The quantitative estimate of drug-likeness (QED) is 0.316. The van der Waals surface area contributed by atoms with Crippen molar-refractivity contribution in [3.63, 3.8) is 0 Å². The van der Waals surface area contributed by atoms with E-state index in [9.17, 15) is 27.5 Å². The summed E-state index contributed by atoms with van der Waals surface area (Å²) in [5.74, 6) is -1.18. The number of rotatable bonds is 3. The zero-order chi connectivity index (χ0) is 21.5. The molecule has 0 saturated carbocycles. The first-order valence-electron chi connectivity index (χ1n) is 8.80. The average Bonchev–Trinajstić information content (AvgIpc) is 2.72. The largest absolute Gasteiger partial charge is 0.477 e. The average molecular weight is 416 g/mol. The van der Waals surface area contributed by atoms with Crippen molar-refractivity contribution in [2.75, 3.05) is 0 Å². The molecule has 5 nitrogen and oxygen atoms in total. The number of benzene rings is 1. The summed E-state index contributed by atoms with van der Waals surface area (Å²) in [6, 6.07) is 11.6. The number of hydrogen-bond acceptors (Lipinski definition) is 3. The Balaban J connectivity index is 1.97. The molecule has 3 aromatic heterocycles. The maximum absolute atomic E-state index is 13.1. The second-order valence-electron chi connectivity index (χ2n) is 6.59. The number of aromatic hydroxyl groups is 1. The van der Waals surface area contributed by atoms with Gasteiger partial charge in [0.05, 0.1) is 11.8 Å². The van der Waals surface area contributed by atoms with Gasteiger partial charge < -0.3 is 5.11 Å². The fourth-order valence-corrected chi connectivity index (χ4v) is 3.23. The number of hydrogen-bond donors (Lipinski definition) is 1. The standard InChI is InChI=1S/C21H13F4N3O2/c22-16-8-7-13(11-26-16)12-28-17-6-1-2-9-27(17)19(29)18(20(28)30)14-4-3-5-15(10-14)21(23,24)25/h1-11H,12H2/p+1. The minimum absolute atomic E-state index is 0.0128. The van der Waals surface area contributed by atoms with Crippen LogP contribution < -0.4 is 9.96 Å². The van der Waals surface area contributed by atoms with E-state index in [1.807, 2.05) is 0 Å². The van der Waals surface area contributed by atoms with E-state index in [0.29, 0.717) is 11.2 Å². The van der Waals surface area contributed by atoms with Crippen LogP contribution in [0.3, 0.4) is 0 Å². The molecule has 0 atom stereocenters. The lowest BCUT2D eigenvalue weighted by molar-refractivity contribution is -0.532. The van der Waals surface area contributed by atoms with E-state index >= 15 is 0 Å². The molecule has 0 amide bonds. The number of alkyl halides is 3. The van der Waals surface area contributed by atoms with Crippen LogP contribution in [0.2, 0.25) is 0 Å². The summed E-state index contributed by atoms with van der Waals surface area (Å²) in [6.45, 7) is 0.0128. The first-order chi connectivity index (χ1) is 14.3. The first kappa shape index (κ1) is 19.6. The molecule has 1 aromatic carbocycles. The molecule has 1 N–H and O–H groups in total. The van der Waals surface area contributed by atoms with E-state index in [0.717, 1.165) is 18.2 Å². The van der Waals surface area contributed by atoms with Crippen LogP contribution >= 0.6 is 0 Å². The molecule has 0 bridgehead atoms. The molecule has 30 heavy (non-hydrogen) atoms. The van der Waals surface area contributed by atoms with E-state index < -0.39 is 29.1 Å². The number of pyridine rings is 2. The van der Waals surface area contributed by atoms with Crippen LogP contribution in [-0.2, 0) is 12.7 Å². The van der Waals surface area contributed by atoms with Crippen LogP contribution in [0, 0.1) is 5.95 Å². The van der Waals surface area contributed by atoms with Gasteiger partial charge >= 0.3 is 11.7 Å². The lowest BCUT2D eigenvalue weighted by Gasteiger charge is -2.12. The summed E-state index contributed by atoms with van der Waals surface area (Å²) < 4.78 is 55.2. The Morgan fingerprint density at radius 2 is 1.87 bits per heavy atom. The van der Waals surface area contributed by atoms with Crippen LogP contribution in [-0.4, -0.2) is 14.7 Å². The predicted octanol–water partition coefficient (Wildman–Crippen LogP) is 3.56. The highest BCUT2D eigenvalue weighted by atomic mass is 19.4. The van der Waals surface area contributed by atoms with Crippen molar-refractivity contribution in [3.05, 3.63) is 94.4 Å². The van der Waals surface area contributed by atoms with Gasteiger partial charge in [0.2, 0.25) is 5.95 Å². The minimum atomic E-state index is -4.60. The highest BCUT2D eigenvalue weighted by Crippen LogP contribution is 2.33. The Morgan fingerprint density at radius 3 is 2.57 bits per heavy atom. The van der Waals surface area contributed by atoms with Gasteiger partial charge in [-0.3, -0.25) is 0 Å². The zero-order valence-corrected chi connectivity index (χ0v) is 15.3. The molecule has 4 rings (SSSR count). The Bertz CT molecular complexity index is 1300. The Morgan fingerprint density at radius 1 is 1.07 bits per heavy atom. The maximum Gasteiger partial charge on any atom is 0.416 e. The molecule has 0 fully saturated rings. The van der Waals surface area contributed by atoms with Crippen LogP contribution in [0.25, 0.3) is 16.8 Å². The van der Waals surface area contributed by atoms with Gasteiger partial charge in [0.15, 0.2) is 5.56 Å². The van der Waals surface area contributed by atoms with Crippen LogP contribution in [0.5, 0.6) is 5.88 Å². The predicted molar refractivity (Wildman–Crippen MR) is 99.3 cm³/mol. The molecule has 0 aliphatic rings. The van der Waals surface area contributed by atoms with Crippen LogP contribution in [0.15, 0.2) is 71.8 Å². The molecular weight excluding hydrogens is 402 g/mol. The maximum atomic E-state index is 13.1. The number of fused-ring (bicyclic) bond motifs is 1. The smallest absolute Gasteiger partial charge is 0.416 e. The van der Waals surface area contributed by atoms with Gasteiger partial charge in [-0.15, -0.1) is 0 Å². The Labute approximate surface area is 167 Å². The van der Waals surface area contributed by atoms with Gasteiger partial charge in [0.1, 0.15) is 6.54 Å². The van der Waals surface area contributed by atoms with Crippen LogP contribution in [0.1, 0.15) is 11.1 Å². The normalized spacial score (nSPS) is 11.7. The summed E-state index contributed by atoms with van der Waals surface area (Å²) >= 11 is 0. The summed E-state index contributed by atoms with van der Waals surface area (Å²) in [4.78, 5) is 16.6. The fraction of sp³-hybridized carbons (Fsp3) is 0.0952. The summed E-state index contributed by atoms with van der Waals surface area (Å²) in [5.41, 5.74) is -1.13. The van der Waals surface area contributed by atoms with Crippen molar-refractivity contribution in [3.8, 4) is 17.0 Å². The fourth-order valence-electron chi connectivity index (χ4n) is 3.23. The zero-order valence-electron chi connectivity index (χ0n) is 15.3. The lowest BCUT2D eigenvalue weighted by atomic mass is 10.0. The van der Waals surface area contributed by atoms with Crippen molar-refractivity contribution >= 4 is 5.65 Å². The molecule has 3 heterocycles. The molecule has 0 aliphatic heterocycles. The van der Waals surface area contributed by atoms with Gasteiger partial charge in [-0.1, -0.05) is 18.2 Å². The van der Waals surface area contributed by atoms with E-state index in [2.05, 4.69) is 4.98 Å². The van der Waals surface area contributed by atoms with E-state index in [1.54, 1.807) is 18.2 Å². The molecule has 0 aliphatic carbocycles. The summed E-state index contributed by atoms with van der Waals surface area (Å²) in [6.07, 6.45) is -1.88. The first-order valence-corrected chi connectivity index (χ1v) is 8.80. The van der Waals surface area contributed by atoms with Gasteiger partial charge in [-0.05, 0) is 35.9 Å². The van der Waals surface area contributed by atoms with Crippen LogP contribution in [0.4, 0.5) is 17.6 Å². The molecule has 0 unspecified atom stereocenters.